The van der Waals surface area contributed by atoms with Crippen molar-refractivity contribution in [2.24, 2.45) is 0 Å². The third kappa shape index (κ3) is 2.89. The number of carbonyl (C=O) groups excluding carboxylic acids is 1. The van der Waals surface area contributed by atoms with Crippen molar-refractivity contribution in [2.45, 2.75) is 25.6 Å². The first-order valence-corrected chi connectivity index (χ1v) is 9.06. The van der Waals surface area contributed by atoms with E-state index in [2.05, 4.69) is 40.0 Å². The molecule has 0 radical (unpaired) electrons. The average Bonchev–Trinajstić information content (AvgIpc) is 3.09. The molecule has 4 nitrogen and oxygen atoms in total. The Morgan fingerprint density at radius 3 is 2.72 bits per heavy atom. The molecule has 0 saturated carbocycles. The molecule has 0 spiro atoms. The molecular formula is C20H18BrN3O. The monoisotopic (exact) mass is 395 g/mol. The molecule has 0 N–H and O–H groups in total. The Morgan fingerprint density at radius 1 is 1.16 bits per heavy atom. The number of halogens is 1. The first-order valence-electron chi connectivity index (χ1n) is 8.27. The minimum atomic E-state index is -0.380. The number of amides is 1. The van der Waals surface area contributed by atoms with E-state index >= 15 is 0 Å². The molecule has 1 aliphatic heterocycles. The van der Waals surface area contributed by atoms with Gasteiger partial charge in [-0.15, -0.1) is 0 Å². The topological polar surface area (TPSA) is 38.1 Å². The van der Waals surface area contributed by atoms with Gasteiger partial charge in [-0.1, -0.05) is 58.4 Å². The standard InChI is InChI=1S/C20H18BrN3O/c1-14(15-6-3-2-4-7-15)23-12-18-11-22-13-24(18)19(20(23)25)16-8-5-9-17(21)10-16/h2-11,13-14,19H,12H2,1H3/t14-,19?/m1/s1. The predicted octanol–water partition coefficient (Wildman–Crippen LogP) is 4.34. The van der Waals surface area contributed by atoms with Gasteiger partial charge >= 0.3 is 0 Å². The number of hydrogen-bond donors (Lipinski definition) is 0. The van der Waals surface area contributed by atoms with Crippen molar-refractivity contribution in [3.63, 3.8) is 0 Å². The summed E-state index contributed by atoms with van der Waals surface area (Å²) in [5, 5.41) is 0. The van der Waals surface area contributed by atoms with Crippen LogP contribution >= 0.6 is 15.9 Å². The van der Waals surface area contributed by atoms with Crippen LogP contribution in [0.1, 0.15) is 35.8 Å². The van der Waals surface area contributed by atoms with Crippen LogP contribution in [0, 0.1) is 0 Å². The van der Waals surface area contributed by atoms with E-state index < -0.39 is 0 Å². The van der Waals surface area contributed by atoms with Crippen LogP contribution in [-0.4, -0.2) is 20.4 Å². The van der Waals surface area contributed by atoms with Gasteiger partial charge in [-0.2, -0.15) is 0 Å². The van der Waals surface area contributed by atoms with Gasteiger partial charge in [-0.3, -0.25) is 4.79 Å². The Balaban J connectivity index is 1.76. The molecule has 2 aromatic carbocycles. The smallest absolute Gasteiger partial charge is 0.251 e. The van der Waals surface area contributed by atoms with Crippen LogP contribution in [0.4, 0.5) is 0 Å². The maximum atomic E-state index is 13.4. The summed E-state index contributed by atoms with van der Waals surface area (Å²) in [5.74, 6) is 0.0972. The Hall–Kier alpha value is -2.40. The third-order valence-electron chi connectivity index (χ3n) is 4.79. The van der Waals surface area contributed by atoms with Gasteiger partial charge in [0.15, 0.2) is 0 Å². The van der Waals surface area contributed by atoms with Crippen LogP contribution in [0.5, 0.6) is 0 Å². The van der Waals surface area contributed by atoms with Crippen LogP contribution in [0.15, 0.2) is 71.6 Å². The second kappa shape index (κ2) is 6.48. The number of aromatic nitrogens is 2. The highest BCUT2D eigenvalue weighted by molar-refractivity contribution is 9.10. The van der Waals surface area contributed by atoms with Crippen LogP contribution in [-0.2, 0) is 11.3 Å². The first-order chi connectivity index (χ1) is 12.1. The lowest BCUT2D eigenvalue weighted by atomic mass is 9.99. The number of hydrogen-bond acceptors (Lipinski definition) is 2. The van der Waals surface area contributed by atoms with Crippen LogP contribution in [0.3, 0.4) is 0 Å². The minimum absolute atomic E-state index is 0.00648. The largest absolute Gasteiger partial charge is 0.328 e. The zero-order valence-corrected chi connectivity index (χ0v) is 15.4. The van der Waals surface area contributed by atoms with Crippen molar-refractivity contribution < 1.29 is 4.79 Å². The fraction of sp³-hybridized carbons (Fsp3) is 0.200. The summed E-state index contributed by atoms with van der Waals surface area (Å²) < 4.78 is 2.95. The molecule has 1 aromatic heterocycles. The minimum Gasteiger partial charge on any atom is -0.328 e. The molecule has 2 heterocycles. The molecule has 0 bridgehead atoms. The zero-order valence-electron chi connectivity index (χ0n) is 13.8. The molecular weight excluding hydrogens is 378 g/mol. The number of benzene rings is 2. The molecule has 0 fully saturated rings. The molecule has 25 heavy (non-hydrogen) atoms. The third-order valence-corrected chi connectivity index (χ3v) is 5.28. The maximum Gasteiger partial charge on any atom is 0.251 e. The second-order valence-corrected chi connectivity index (χ2v) is 7.22. The summed E-state index contributed by atoms with van der Waals surface area (Å²) >= 11 is 3.51. The predicted molar refractivity (Wildman–Crippen MR) is 99.9 cm³/mol. The SMILES string of the molecule is C[C@H](c1ccccc1)N1Cc2cncn2C(c2cccc(Br)c2)C1=O. The fourth-order valence-electron chi connectivity index (χ4n) is 3.43. The van der Waals surface area contributed by atoms with Crippen molar-refractivity contribution in [3.05, 3.63) is 88.4 Å². The van der Waals surface area contributed by atoms with Crippen molar-refractivity contribution in [1.29, 1.82) is 0 Å². The highest BCUT2D eigenvalue weighted by atomic mass is 79.9. The second-order valence-electron chi connectivity index (χ2n) is 6.30. The van der Waals surface area contributed by atoms with Gasteiger partial charge in [0.25, 0.3) is 5.91 Å². The van der Waals surface area contributed by atoms with E-state index in [1.54, 1.807) is 6.33 Å². The summed E-state index contributed by atoms with van der Waals surface area (Å²) in [5.41, 5.74) is 3.15. The first kappa shape index (κ1) is 16.1. The molecule has 2 atom stereocenters. The molecule has 1 unspecified atom stereocenters. The Morgan fingerprint density at radius 2 is 1.96 bits per heavy atom. The van der Waals surface area contributed by atoms with E-state index in [0.717, 1.165) is 21.3 Å². The Kier molecular flexibility index (Phi) is 4.17. The van der Waals surface area contributed by atoms with Crippen molar-refractivity contribution in [1.82, 2.24) is 14.5 Å². The summed E-state index contributed by atoms with van der Waals surface area (Å²) in [6.07, 6.45) is 3.60. The maximum absolute atomic E-state index is 13.4. The zero-order chi connectivity index (χ0) is 17.4. The van der Waals surface area contributed by atoms with E-state index in [-0.39, 0.29) is 18.0 Å². The summed E-state index contributed by atoms with van der Waals surface area (Å²) in [7, 11) is 0. The van der Waals surface area contributed by atoms with Gasteiger partial charge < -0.3 is 9.47 Å². The number of nitrogens with zero attached hydrogens (tertiary/aromatic N) is 3. The number of imidazole rings is 1. The molecule has 1 amide bonds. The molecule has 1 aliphatic rings. The van der Waals surface area contributed by atoms with E-state index in [9.17, 15) is 4.79 Å². The van der Waals surface area contributed by atoms with Gasteiger partial charge in [0.05, 0.1) is 24.6 Å². The van der Waals surface area contributed by atoms with Crippen LogP contribution < -0.4 is 0 Å². The van der Waals surface area contributed by atoms with E-state index in [0.29, 0.717) is 6.54 Å². The summed E-state index contributed by atoms with van der Waals surface area (Å²) in [6, 6.07) is 17.7. The number of rotatable bonds is 3. The lowest BCUT2D eigenvalue weighted by Crippen LogP contribution is -2.43. The molecule has 3 aromatic rings. The van der Waals surface area contributed by atoms with E-state index in [1.807, 2.05) is 58.1 Å². The number of carbonyl (C=O) groups is 1. The highest BCUT2D eigenvalue weighted by Crippen LogP contribution is 2.34. The van der Waals surface area contributed by atoms with Gasteiger partial charge in [0.2, 0.25) is 0 Å². The quantitative estimate of drug-likeness (QED) is 0.661. The fourth-order valence-corrected chi connectivity index (χ4v) is 3.85. The Labute approximate surface area is 155 Å². The summed E-state index contributed by atoms with van der Waals surface area (Å²) in [6.45, 7) is 2.65. The normalized spacial score (nSPS) is 18.1. The van der Waals surface area contributed by atoms with Gasteiger partial charge in [0.1, 0.15) is 6.04 Å². The molecule has 5 heteroatoms. The number of fused-ring (bicyclic) bond motifs is 1. The van der Waals surface area contributed by atoms with E-state index in [1.165, 1.54) is 0 Å². The van der Waals surface area contributed by atoms with Crippen molar-refractivity contribution >= 4 is 21.8 Å². The highest BCUT2D eigenvalue weighted by Gasteiger charge is 2.36. The van der Waals surface area contributed by atoms with Crippen LogP contribution in [0.25, 0.3) is 0 Å². The average molecular weight is 396 g/mol. The lowest BCUT2D eigenvalue weighted by molar-refractivity contribution is -0.138. The molecule has 0 aliphatic carbocycles. The summed E-state index contributed by atoms with van der Waals surface area (Å²) in [4.78, 5) is 19.6. The van der Waals surface area contributed by atoms with Crippen molar-refractivity contribution in [3.8, 4) is 0 Å². The molecule has 0 saturated heterocycles. The molecule has 4 rings (SSSR count). The van der Waals surface area contributed by atoms with Crippen LogP contribution in [0.2, 0.25) is 0 Å². The van der Waals surface area contributed by atoms with Gasteiger partial charge in [-0.25, -0.2) is 4.98 Å². The lowest BCUT2D eigenvalue weighted by Gasteiger charge is -2.38. The van der Waals surface area contributed by atoms with Gasteiger partial charge in [0, 0.05) is 10.7 Å². The van der Waals surface area contributed by atoms with Gasteiger partial charge in [-0.05, 0) is 30.2 Å². The van der Waals surface area contributed by atoms with Crippen molar-refractivity contribution in [2.75, 3.05) is 0 Å². The van der Waals surface area contributed by atoms with E-state index in [4.69, 9.17) is 0 Å². The molecule has 126 valence electrons. The Bertz CT molecular complexity index is 906.